The molecule has 0 bridgehead atoms. The predicted molar refractivity (Wildman–Crippen MR) is 81.6 cm³/mol. The monoisotopic (exact) mass is 286 g/mol. The maximum Gasteiger partial charge on any atom is 0.251 e. The summed E-state index contributed by atoms with van der Waals surface area (Å²) >= 11 is 0. The van der Waals surface area contributed by atoms with E-state index in [1.54, 1.807) is 44.6 Å². The average molecular weight is 286 g/mol. The van der Waals surface area contributed by atoms with Crippen LogP contribution in [-0.4, -0.2) is 20.1 Å². The molecule has 2 aromatic carbocycles. The Labute approximate surface area is 123 Å². The molecule has 0 unspecified atom stereocenters. The van der Waals surface area contributed by atoms with Crippen LogP contribution in [0, 0.1) is 0 Å². The quantitative estimate of drug-likeness (QED) is 0.827. The van der Waals surface area contributed by atoms with Crippen LogP contribution in [0.2, 0.25) is 0 Å². The molecule has 5 heteroatoms. The van der Waals surface area contributed by atoms with Crippen LogP contribution in [0.15, 0.2) is 42.5 Å². The van der Waals surface area contributed by atoms with Crippen molar-refractivity contribution in [2.45, 2.75) is 6.54 Å². The Morgan fingerprint density at radius 3 is 2.52 bits per heavy atom. The van der Waals surface area contributed by atoms with Crippen molar-refractivity contribution in [1.29, 1.82) is 0 Å². The highest BCUT2D eigenvalue weighted by atomic mass is 16.5. The first kappa shape index (κ1) is 14.7. The molecule has 0 spiro atoms. The second-order valence-electron chi connectivity index (χ2n) is 4.50. The summed E-state index contributed by atoms with van der Waals surface area (Å²) in [6.07, 6.45) is 0. The molecule has 0 heterocycles. The van der Waals surface area contributed by atoms with Crippen molar-refractivity contribution in [3.63, 3.8) is 0 Å². The summed E-state index contributed by atoms with van der Waals surface area (Å²) in [6.45, 7) is 0.397. The Morgan fingerprint density at radius 2 is 1.86 bits per heavy atom. The van der Waals surface area contributed by atoms with Crippen molar-refractivity contribution in [2.24, 2.45) is 0 Å². The number of anilines is 1. The van der Waals surface area contributed by atoms with Gasteiger partial charge in [0.05, 0.1) is 14.2 Å². The van der Waals surface area contributed by atoms with E-state index in [0.29, 0.717) is 29.3 Å². The van der Waals surface area contributed by atoms with Crippen molar-refractivity contribution in [2.75, 3.05) is 20.0 Å². The van der Waals surface area contributed by atoms with Gasteiger partial charge in [-0.3, -0.25) is 4.79 Å². The molecule has 0 saturated heterocycles. The first-order valence-corrected chi connectivity index (χ1v) is 6.48. The lowest BCUT2D eigenvalue weighted by Crippen LogP contribution is -2.22. The van der Waals surface area contributed by atoms with Gasteiger partial charge in [-0.15, -0.1) is 0 Å². The molecule has 5 nitrogen and oxygen atoms in total. The standard InChI is InChI=1S/C16H18N2O3/c1-20-14-7-6-11(8-15(14)21-2)10-18-16(19)12-4-3-5-13(17)9-12/h3-9H,10,17H2,1-2H3,(H,18,19). The number of benzene rings is 2. The minimum Gasteiger partial charge on any atom is -0.493 e. The molecule has 0 aromatic heterocycles. The second-order valence-corrected chi connectivity index (χ2v) is 4.50. The Morgan fingerprint density at radius 1 is 1.10 bits per heavy atom. The molecule has 110 valence electrons. The lowest BCUT2D eigenvalue weighted by Gasteiger charge is -2.10. The Balaban J connectivity index is 2.04. The fraction of sp³-hybridized carbons (Fsp3) is 0.188. The van der Waals surface area contributed by atoms with Gasteiger partial charge >= 0.3 is 0 Å². The van der Waals surface area contributed by atoms with E-state index < -0.39 is 0 Å². The third-order valence-electron chi connectivity index (χ3n) is 3.05. The van der Waals surface area contributed by atoms with E-state index >= 15 is 0 Å². The van der Waals surface area contributed by atoms with Crippen LogP contribution in [0.25, 0.3) is 0 Å². The van der Waals surface area contributed by atoms with E-state index in [9.17, 15) is 4.79 Å². The van der Waals surface area contributed by atoms with Gasteiger partial charge in [0, 0.05) is 17.8 Å². The molecule has 0 atom stereocenters. The molecule has 3 N–H and O–H groups in total. The summed E-state index contributed by atoms with van der Waals surface area (Å²) < 4.78 is 10.4. The predicted octanol–water partition coefficient (Wildman–Crippen LogP) is 2.22. The van der Waals surface area contributed by atoms with Crippen LogP contribution >= 0.6 is 0 Å². The van der Waals surface area contributed by atoms with Crippen LogP contribution < -0.4 is 20.5 Å². The van der Waals surface area contributed by atoms with Crippen LogP contribution in [0.4, 0.5) is 5.69 Å². The number of ether oxygens (including phenoxy) is 2. The zero-order valence-electron chi connectivity index (χ0n) is 12.1. The van der Waals surface area contributed by atoms with Crippen LogP contribution in [0.1, 0.15) is 15.9 Å². The van der Waals surface area contributed by atoms with Gasteiger partial charge in [0.25, 0.3) is 5.91 Å². The lowest BCUT2D eigenvalue weighted by atomic mass is 10.1. The highest BCUT2D eigenvalue weighted by Crippen LogP contribution is 2.27. The summed E-state index contributed by atoms with van der Waals surface area (Å²) in [5.41, 5.74) is 7.69. The van der Waals surface area contributed by atoms with Crippen molar-refractivity contribution in [3.05, 3.63) is 53.6 Å². The number of nitrogen functional groups attached to an aromatic ring is 1. The SMILES string of the molecule is COc1ccc(CNC(=O)c2cccc(N)c2)cc1OC. The molecule has 0 saturated carbocycles. The van der Waals surface area contributed by atoms with E-state index in [1.165, 1.54) is 0 Å². The first-order valence-electron chi connectivity index (χ1n) is 6.48. The van der Waals surface area contributed by atoms with Crippen molar-refractivity contribution in [1.82, 2.24) is 5.32 Å². The highest BCUT2D eigenvalue weighted by molar-refractivity contribution is 5.94. The third kappa shape index (κ3) is 3.66. The normalized spacial score (nSPS) is 10.0. The molecular weight excluding hydrogens is 268 g/mol. The second kappa shape index (κ2) is 6.65. The number of rotatable bonds is 5. The van der Waals surface area contributed by atoms with Gasteiger partial charge in [0.1, 0.15) is 0 Å². The Bertz CT molecular complexity index is 641. The fourth-order valence-corrected chi connectivity index (χ4v) is 1.95. The molecule has 21 heavy (non-hydrogen) atoms. The molecule has 0 radical (unpaired) electrons. The van der Waals surface area contributed by atoms with Crippen LogP contribution in [0.3, 0.4) is 0 Å². The minimum absolute atomic E-state index is 0.169. The van der Waals surface area contributed by atoms with E-state index in [2.05, 4.69) is 5.32 Å². The van der Waals surface area contributed by atoms with E-state index in [-0.39, 0.29) is 5.91 Å². The number of nitrogens with one attached hydrogen (secondary N) is 1. The van der Waals surface area contributed by atoms with Gasteiger partial charge in [-0.1, -0.05) is 12.1 Å². The minimum atomic E-state index is -0.169. The molecule has 2 rings (SSSR count). The number of carbonyl (C=O) groups is 1. The Kier molecular flexibility index (Phi) is 4.66. The van der Waals surface area contributed by atoms with Gasteiger partial charge in [-0.2, -0.15) is 0 Å². The van der Waals surface area contributed by atoms with Gasteiger partial charge in [0.2, 0.25) is 0 Å². The highest BCUT2D eigenvalue weighted by Gasteiger charge is 2.08. The maximum absolute atomic E-state index is 12.0. The van der Waals surface area contributed by atoms with E-state index in [1.807, 2.05) is 12.1 Å². The first-order chi connectivity index (χ1) is 10.1. The largest absolute Gasteiger partial charge is 0.493 e. The number of nitrogens with two attached hydrogens (primary N) is 1. The van der Waals surface area contributed by atoms with E-state index in [4.69, 9.17) is 15.2 Å². The van der Waals surface area contributed by atoms with Gasteiger partial charge in [-0.05, 0) is 35.9 Å². The van der Waals surface area contributed by atoms with E-state index in [0.717, 1.165) is 5.56 Å². The topological polar surface area (TPSA) is 73.6 Å². The third-order valence-corrected chi connectivity index (χ3v) is 3.05. The number of carbonyl (C=O) groups excluding carboxylic acids is 1. The van der Waals surface area contributed by atoms with Crippen LogP contribution in [-0.2, 0) is 6.54 Å². The molecule has 2 aromatic rings. The number of hydrogen-bond donors (Lipinski definition) is 2. The van der Waals surface area contributed by atoms with Gasteiger partial charge < -0.3 is 20.5 Å². The van der Waals surface area contributed by atoms with Gasteiger partial charge in [-0.25, -0.2) is 0 Å². The molecule has 0 aliphatic heterocycles. The van der Waals surface area contributed by atoms with Crippen molar-refractivity contribution in [3.8, 4) is 11.5 Å². The lowest BCUT2D eigenvalue weighted by molar-refractivity contribution is 0.0951. The molecule has 1 amide bonds. The zero-order valence-corrected chi connectivity index (χ0v) is 12.1. The molecule has 0 aliphatic rings. The van der Waals surface area contributed by atoms with Crippen molar-refractivity contribution < 1.29 is 14.3 Å². The molecule has 0 aliphatic carbocycles. The number of methoxy groups -OCH3 is 2. The van der Waals surface area contributed by atoms with Gasteiger partial charge in [0.15, 0.2) is 11.5 Å². The Hall–Kier alpha value is -2.69. The number of amides is 1. The molecular formula is C16H18N2O3. The summed E-state index contributed by atoms with van der Waals surface area (Å²) in [5.74, 6) is 1.12. The molecule has 0 fully saturated rings. The summed E-state index contributed by atoms with van der Waals surface area (Å²) in [5, 5.41) is 2.84. The average Bonchev–Trinajstić information content (AvgIpc) is 2.52. The summed E-state index contributed by atoms with van der Waals surface area (Å²) in [7, 11) is 3.16. The summed E-state index contributed by atoms with van der Waals surface area (Å²) in [4.78, 5) is 12.0. The van der Waals surface area contributed by atoms with Crippen LogP contribution in [0.5, 0.6) is 11.5 Å². The zero-order chi connectivity index (χ0) is 15.2. The fourth-order valence-electron chi connectivity index (χ4n) is 1.95. The van der Waals surface area contributed by atoms with Crippen molar-refractivity contribution >= 4 is 11.6 Å². The maximum atomic E-state index is 12.0. The summed E-state index contributed by atoms with van der Waals surface area (Å²) in [6, 6.07) is 12.4. The number of hydrogen-bond acceptors (Lipinski definition) is 4. The smallest absolute Gasteiger partial charge is 0.251 e.